The van der Waals surface area contributed by atoms with Gasteiger partial charge in [0.15, 0.2) is 5.83 Å². The largest absolute Gasteiger partial charge is 0.474 e. The molecule has 3 saturated heterocycles. The monoisotopic (exact) mass is 671 g/mol. The summed E-state index contributed by atoms with van der Waals surface area (Å²) >= 11 is 0. The van der Waals surface area contributed by atoms with E-state index in [1.165, 1.54) is 34.6 Å². The van der Waals surface area contributed by atoms with Crippen molar-refractivity contribution in [2.24, 2.45) is 0 Å². The minimum atomic E-state index is -1.11. The average molecular weight is 672 g/mol. The highest BCUT2D eigenvalue weighted by atomic mass is 19.1. The van der Waals surface area contributed by atoms with Crippen LogP contribution in [0.2, 0.25) is 0 Å². The number of halogens is 2. The van der Waals surface area contributed by atoms with Gasteiger partial charge in [0, 0.05) is 44.4 Å². The molecule has 0 spiro atoms. The summed E-state index contributed by atoms with van der Waals surface area (Å²) in [6.45, 7) is 6.15. The molecule has 2 amide bonds. The number of anilines is 3. The van der Waals surface area contributed by atoms with E-state index in [-0.39, 0.29) is 32.0 Å². The fraction of sp³-hybridized carbons (Fsp3) is 0.568. The molecule has 2 aromatic rings. The molecule has 0 radical (unpaired) electrons. The van der Waals surface area contributed by atoms with Crippen molar-refractivity contribution in [2.45, 2.75) is 88.1 Å². The molecule has 0 saturated carbocycles. The van der Waals surface area contributed by atoms with Crippen LogP contribution in [0, 0.1) is 11.3 Å². The Morgan fingerprint density at radius 3 is 2.78 bits per heavy atom. The van der Waals surface area contributed by atoms with Crippen LogP contribution in [0.4, 0.5) is 25.8 Å². The average Bonchev–Trinajstić information content (AvgIpc) is 3.63. The summed E-state index contributed by atoms with van der Waals surface area (Å²) in [6, 6.07) is 7.32. The van der Waals surface area contributed by atoms with Crippen LogP contribution >= 0.6 is 0 Å². The molecular formula is C37H43F2N7O3. The number of carbonyl (C=O) groups is 2. The van der Waals surface area contributed by atoms with E-state index in [0.29, 0.717) is 37.5 Å². The second-order valence-electron chi connectivity index (χ2n) is 14.6. The van der Waals surface area contributed by atoms with Crippen molar-refractivity contribution in [3.8, 4) is 11.9 Å². The van der Waals surface area contributed by atoms with Gasteiger partial charge in [0.05, 0.1) is 48.5 Å². The molecule has 10 nitrogen and oxygen atoms in total. The lowest BCUT2D eigenvalue weighted by atomic mass is 9.89. The van der Waals surface area contributed by atoms with Crippen LogP contribution in [0.1, 0.15) is 60.9 Å². The van der Waals surface area contributed by atoms with Crippen LogP contribution in [0.5, 0.6) is 5.88 Å². The molecular weight excluding hydrogens is 628 g/mol. The highest BCUT2D eigenvalue weighted by Crippen LogP contribution is 2.49. The molecule has 1 aromatic heterocycles. The normalized spacial score (nSPS) is 27.6. The third kappa shape index (κ3) is 5.23. The number of nitrogens with zero attached hydrogens (tertiary/aromatic N) is 7. The number of rotatable bonds is 6. The molecule has 8 rings (SSSR count). The van der Waals surface area contributed by atoms with Crippen LogP contribution in [-0.2, 0) is 35.4 Å². The number of carbonyl (C=O) groups excluding carboxylic acids is 2. The lowest BCUT2D eigenvalue weighted by Gasteiger charge is -2.51. The number of benzene rings is 1. The van der Waals surface area contributed by atoms with Gasteiger partial charge < -0.3 is 24.3 Å². The molecule has 12 heteroatoms. The van der Waals surface area contributed by atoms with Gasteiger partial charge in [-0.05, 0) is 68.7 Å². The van der Waals surface area contributed by atoms with Crippen molar-refractivity contribution in [1.29, 1.82) is 5.26 Å². The van der Waals surface area contributed by atoms with Crippen LogP contribution in [0.25, 0.3) is 0 Å². The minimum absolute atomic E-state index is 0.0200. The Hall–Kier alpha value is -4.24. The number of likely N-dealkylation sites (N-methyl/N-ethyl adjacent to an activating group) is 1. The van der Waals surface area contributed by atoms with Gasteiger partial charge in [-0.15, -0.1) is 0 Å². The van der Waals surface area contributed by atoms with Crippen LogP contribution in [0.15, 0.2) is 30.6 Å². The van der Waals surface area contributed by atoms with Gasteiger partial charge >= 0.3 is 0 Å². The van der Waals surface area contributed by atoms with Gasteiger partial charge in [-0.25, -0.2) is 13.8 Å². The molecule has 2 unspecified atom stereocenters. The smallest absolute Gasteiger partial charge is 0.282 e. The predicted molar refractivity (Wildman–Crippen MR) is 181 cm³/mol. The number of pyridine rings is 1. The maximum atomic E-state index is 14.7. The van der Waals surface area contributed by atoms with E-state index >= 15 is 0 Å². The van der Waals surface area contributed by atoms with Crippen molar-refractivity contribution in [3.05, 3.63) is 53.0 Å². The Balaban J connectivity index is 1.22. The number of aryl methyl sites for hydroxylation is 1. The summed E-state index contributed by atoms with van der Waals surface area (Å²) in [7, 11) is 1.69. The molecule has 3 fully saturated rings. The van der Waals surface area contributed by atoms with Gasteiger partial charge in [0.1, 0.15) is 24.5 Å². The second-order valence-corrected chi connectivity index (χ2v) is 14.6. The number of piperazine rings is 1. The minimum Gasteiger partial charge on any atom is -0.474 e. The van der Waals surface area contributed by atoms with Crippen LogP contribution in [-0.4, -0.2) is 96.8 Å². The zero-order valence-electron chi connectivity index (χ0n) is 28.1. The van der Waals surface area contributed by atoms with Gasteiger partial charge in [0.25, 0.3) is 11.8 Å². The summed E-state index contributed by atoms with van der Waals surface area (Å²) in [5.41, 5.74) is 6.92. The number of nitriles is 1. The Labute approximate surface area is 285 Å². The van der Waals surface area contributed by atoms with E-state index in [0.717, 1.165) is 55.7 Å². The Kier molecular flexibility index (Phi) is 8.01. The quantitative estimate of drug-likeness (QED) is 0.422. The number of aromatic nitrogens is 1. The number of hydrogen-bond acceptors (Lipinski definition) is 8. The molecule has 0 bridgehead atoms. The van der Waals surface area contributed by atoms with Gasteiger partial charge in [0.2, 0.25) is 5.88 Å². The fourth-order valence-corrected chi connectivity index (χ4v) is 9.51. The molecule has 1 aliphatic carbocycles. The molecule has 0 N–H and O–H groups in total. The highest BCUT2D eigenvalue weighted by molar-refractivity contribution is 6.08. The second kappa shape index (κ2) is 12.3. The summed E-state index contributed by atoms with van der Waals surface area (Å²) < 4.78 is 35.6. The Bertz CT molecular complexity index is 1760. The van der Waals surface area contributed by atoms with Crippen LogP contribution < -0.4 is 19.4 Å². The zero-order valence-corrected chi connectivity index (χ0v) is 28.1. The van der Waals surface area contributed by atoms with E-state index in [2.05, 4.69) is 40.6 Å². The topological polar surface area (TPSA) is 96.3 Å². The number of hydrogen-bond donors (Lipinski definition) is 0. The van der Waals surface area contributed by atoms with E-state index < -0.39 is 35.5 Å². The molecule has 49 heavy (non-hydrogen) atoms. The van der Waals surface area contributed by atoms with E-state index in [4.69, 9.17) is 9.72 Å². The highest BCUT2D eigenvalue weighted by Gasteiger charge is 2.51. The van der Waals surface area contributed by atoms with E-state index in [9.17, 15) is 23.6 Å². The lowest BCUT2D eigenvalue weighted by molar-refractivity contribution is -0.133. The van der Waals surface area contributed by atoms with Crippen LogP contribution in [0.3, 0.4) is 0 Å². The van der Waals surface area contributed by atoms with Crippen molar-refractivity contribution in [1.82, 2.24) is 14.8 Å². The first-order chi connectivity index (χ1) is 23.7. The lowest BCUT2D eigenvalue weighted by Crippen LogP contribution is -2.66. The van der Waals surface area contributed by atoms with Gasteiger partial charge in [-0.2, -0.15) is 5.26 Å². The third-order valence-electron chi connectivity index (χ3n) is 11.9. The van der Waals surface area contributed by atoms with Crippen molar-refractivity contribution in [2.75, 3.05) is 61.1 Å². The number of alkyl halides is 1. The summed E-state index contributed by atoms with van der Waals surface area (Å²) in [6.07, 6.45) is 6.51. The SMILES string of the molecule is C=C(F)C(=O)N1CC2C(=O)N(C)c3c(OCC45CCCN4C[C@H](F)C5)nc4c(c3N2C[C@@H]1CC#N)CCN(c1cccc2c1CCCC2)C4. The molecule has 6 aliphatic rings. The number of amides is 2. The van der Waals surface area contributed by atoms with Gasteiger partial charge in [-0.1, -0.05) is 18.7 Å². The maximum Gasteiger partial charge on any atom is 0.282 e. The maximum absolute atomic E-state index is 14.7. The van der Waals surface area contributed by atoms with E-state index in [1.807, 2.05) is 4.90 Å². The number of ether oxygens (including phenoxy) is 1. The zero-order chi connectivity index (χ0) is 34.0. The summed E-state index contributed by atoms with van der Waals surface area (Å²) in [5.74, 6) is -1.94. The van der Waals surface area contributed by atoms with Crippen molar-refractivity contribution >= 4 is 28.9 Å². The first-order valence-corrected chi connectivity index (χ1v) is 17.7. The fourth-order valence-electron chi connectivity index (χ4n) is 9.51. The van der Waals surface area contributed by atoms with Crippen molar-refractivity contribution < 1.29 is 23.1 Å². The summed E-state index contributed by atoms with van der Waals surface area (Å²) in [4.78, 5) is 41.7. The van der Waals surface area contributed by atoms with Gasteiger partial charge in [-0.3, -0.25) is 14.5 Å². The third-order valence-corrected chi connectivity index (χ3v) is 11.9. The molecule has 6 heterocycles. The molecule has 5 aliphatic heterocycles. The molecule has 1 aromatic carbocycles. The number of fused-ring (bicyclic) bond motifs is 7. The standard InChI is InChI=1S/C37H43F2N7O3/c1-23(38)35(47)45-21-31-36(48)42(2)33-32(46(31)19-26(45)11-14-40)28-12-16-43(30-10-5-8-24-7-3-4-9-27(24)30)20-29(28)41-34(33)49-22-37-13-6-15-44(37)18-25(39)17-37/h5,8,10,25-26,31H,1,3-4,6-7,9,11-13,15-22H2,2H3/t25-,26+,31?,37?/m1/s1. The summed E-state index contributed by atoms with van der Waals surface area (Å²) in [5, 5.41) is 9.70. The Morgan fingerprint density at radius 1 is 1.12 bits per heavy atom. The molecule has 258 valence electrons. The predicted octanol–water partition coefficient (Wildman–Crippen LogP) is 4.24. The first kappa shape index (κ1) is 32.0. The Morgan fingerprint density at radius 2 is 1.96 bits per heavy atom. The van der Waals surface area contributed by atoms with E-state index in [1.54, 1.807) is 11.9 Å². The van der Waals surface area contributed by atoms with Crippen molar-refractivity contribution in [3.63, 3.8) is 0 Å². The molecule has 4 atom stereocenters. The first-order valence-electron chi connectivity index (χ1n) is 17.7.